The first-order chi connectivity index (χ1) is 11.9. The van der Waals surface area contributed by atoms with Gasteiger partial charge in [-0.15, -0.1) is 10.2 Å². The number of morpholine rings is 1. The van der Waals surface area contributed by atoms with Crippen LogP contribution in [0.2, 0.25) is 0 Å². The second kappa shape index (κ2) is 6.04. The lowest BCUT2D eigenvalue weighted by atomic mass is 10.1. The van der Waals surface area contributed by atoms with Crippen LogP contribution in [-0.4, -0.2) is 48.9 Å². The Morgan fingerprint density at radius 2 is 2.00 bits per heavy atom. The summed E-state index contributed by atoms with van der Waals surface area (Å²) < 4.78 is 54.9. The minimum Gasteiger partial charge on any atom is -0.480 e. The molecule has 8 nitrogen and oxygen atoms in total. The van der Waals surface area contributed by atoms with Gasteiger partial charge in [-0.25, -0.2) is 12.8 Å². The highest BCUT2D eigenvalue weighted by atomic mass is 32.2. The van der Waals surface area contributed by atoms with E-state index < -0.39 is 22.2 Å². The van der Waals surface area contributed by atoms with E-state index in [1.807, 2.05) is 0 Å². The second-order valence-electron chi connectivity index (χ2n) is 6.02. The lowest BCUT2D eigenvalue weighted by molar-refractivity contribution is -0.0184. The van der Waals surface area contributed by atoms with Gasteiger partial charge in [-0.1, -0.05) is 0 Å². The van der Waals surface area contributed by atoms with Gasteiger partial charge in [0, 0.05) is 25.1 Å². The quantitative estimate of drug-likeness (QED) is 0.803. The van der Waals surface area contributed by atoms with Gasteiger partial charge in [0.15, 0.2) is 6.10 Å². The SMILES string of the molecule is CS(=O)(=O)N1CCO[C@@H](c2nnc([C@@H]3Cc4cc(F)ccc4O3)o2)C1. The summed E-state index contributed by atoms with van der Waals surface area (Å²) in [6, 6.07) is 4.31. The van der Waals surface area contributed by atoms with Gasteiger partial charge < -0.3 is 13.9 Å². The van der Waals surface area contributed by atoms with Gasteiger partial charge in [0.05, 0.1) is 12.9 Å². The number of fused-ring (bicyclic) bond motifs is 1. The van der Waals surface area contributed by atoms with E-state index in [1.54, 1.807) is 6.07 Å². The molecule has 0 amide bonds. The Kier molecular flexibility index (Phi) is 3.97. The molecule has 10 heteroatoms. The number of hydrogen-bond acceptors (Lipinski definition) is 7. The highest BCUT2D eigenvalue weighted by Crippen LogP contribution is 2.37. The van der Waals surface area contributed by atoms with Crippen LogP contribution in [0.1, 0.15) is 29.6 Å². The summed E-state index contributed by atoms with van der Waals surface area (Å²) in [5, 5.41) is 7.95. The lowest BCUT2D eigenvalue weighted by Crippen LogP contribution is -2.41. The molecule has 2 aromatic rings. The van der Waals surface area contributed by atoms with Crippen molar-refractivity contribution in [1.29, 1.82) is 0 Å². The first kappa shape index (κ1) is 16.4. The van der Waals surface area contributed by atoms with Gasteiger partial charge in [0.25, 0.3) is 5.89 Å². The molecule has 0 bridgehead atoms. The smallest absolute Gasteiger partial charge is 0.257 e. The highest BCUT2D eigenvalue weighted by molar-refractivity contribution is 7.88. The highest BCUT2D eigenvalue weighted by Gasteiger charge is 2.34. The number of ether oxygens (including phenoxy) is 2. The van der Waals surface area contributed by atoms with Crippen LogP contribution in [-0.2, 0) is 21.2 Å². The fraction of sp³-hybridized carbons (Fsp3) is 0.467. The molecule has 0 aliphatic carbocycles. The van der Waals surface area contributed by atoms with Crippen LogP contribution < -0.4 is 4.74 Å². The molecule has 2 aliphatic rings. The molecule has 0 unspecified atom stereocenters. The predicted molar refractivity (Wildman–Crippen MR) is 82.9 cm³/mol. The zero-order valence-corrected chi connectivity index (χ0v) is 14.2. The van der Waals surface area contributed by atoms with Gasteiger partial charge >= 0.3 is 0 Å². The molecule has 0 saturated carbocycles. The van der Waals surface area contributed by atoms with Gasteiger partial charge in [-0.2, -0.15) is 4.31 Å². The third-order valence-corrected chi connectivity index (χ3v) is 5.47. The van der Waals surface area contributed by atoms with Crippen molar-refractivity contribution in [3.05, 3.63) is 41.4 Å². The van der Waals surface area contributed by atoms with Gasteiger partial charge in [-0.3, -0.25) is 0 Å². The Morgan fingerprint density at radius 1 is 1.24 bits per heavy atom. The Hall–Kier alpha value is -2.04. The largest absolute Gasteiger partial charge is 0.480 e. The van der Waals surface area contributed by atoms with Gasteiger partial charge in [0.2, 0.25) is 15.9 Å². The third kappa shape index (κ3) is 3.24. The average molecular weight is 369 g/mol. The molecule has 25 heavy (non-hydrogen) atoms. The molecule has 2 aliphatic heterocycles. The Balaban J connectivity index is 1.50. The molecule has 3 heterocycles. The zero-order chi connectivity index (χ0) is 17.6. The standard InChI is InChI=1S/C15H16FN3O5S/c1-25(20,21)19-4-5-22-13(8-19)15-18-17-14(24-15)12-7-9-6-10(16)2-3-11(9)23-12/h2-3,6,12-13H,4-5,7-8H2,1H3/t12-,13+/m0/s1. The average Bonchev–Trinajstić information content (AvgIpc) is 3.20. The zero-order valence-electron chi connectivity index (χ0n) is 13.4. The van der Waals surface area contributed by atoms with Crippen molar-refractivity contribution in [2.75, 3.05) is 26.0 Å². The van der Waals surface area contributed by atoms with Crippen LogP contribution in [0.25, 0.3) is 0 Å². The molecule has 1 aromatic heterocycles. The summed E-state index contributed by atoms with van der Waals surface area (Å²) in [6.45, 7) is 0.667. The van der Waals surface area contributed by atoms with E-state index in [0.29, 0.717) is 18.7 Å². The van der Waals surface area contributed by atoms with Crippen molar-refractivity contribution in [2.24, 2.45) is 0 Å². The number of hydrogen-bond donors (Lipinski definition) is 0. The van der Waals surface area contributed by atoms with Crippen molar-refractivity contribution >= 4 is 10.0 Å². The van der Waals surface area contributed by atoms with E-state index in [4.69, 9.17) is 13.9 Å². The van der Waals surface area contributed by atoms with E-state index in [9.17, 15) is 12.8 Å². The maximum atomic E-state index is 13.3. The first-order valence-electron chi connectivity index (χ1n) is 7.75. The molecule has 134 valence electrons. The van der Waals surface area contributed by atoms with E-state index in [2.05, 4.69) is 10.2 Å². The molecular weight excluding hydrogens is 353 g/mol. The summed E-state index contributed by atoms with van der Waals surface area (Å²) in [4.78, 5) is 0. The van der Waals surface area contributed by atoms with Crippen LogP contribution in [0.4, 0.5) is 4.39 Å². The van der Waals surface area contributed by atoms with E-state index in [0.717, 1.165) is 11.8 Å². The molecule has 0 radical (unpaired) electrons. The third-order valence-electron chi connectivity index (χ3n) is 4.20. The molecule has 4 rings (SSSR count). The van der Waals surface area contributed by atoms with Crippen LogP contribution in [0.5, 0.6) is 5.75 Å². The van der Waals surface area contributed by atoms with Crippen molar-refractivity contribution < 1.29 is 26.7 Å². The number of rotatable bonds is 3. The molecule has 1 aromatic carbocycles. The Labute approximate surface area is 143 Å². The van der Waals surface area contributed by atoms with Gasteiger partial charge in [-0.05, 0) is 18.2 Å². The number of nitrogens with zero attached hydrogens (tertiary/aromatic N) is 3. The maximum absolute atomic E-state index is 13.3. The molecular formula is C15H16FN3O5S. The topological polar surface area (TPSA) is 94.8 Å². The Morgan fingerprint density at radius 3 is 2.76 bits per heavy atom. The van der Waals surface area contributed by atoms with Crippen molar-refractivity contribution in [1.82, 2.24) is 14.5 Å². The minimum atomic E-state index is -3.31. The Bertz CT molecular complexity index is 900. The summed E-state index contributed by atoms with van der Waals surface area (Å²) in [6.07, 6.45) is 0.464. The summed E-state index contributed by atoms with van der Waals surface area (Å²) >= 11 is 0. The van der Waals surface area contributed by atoms with Crippen LogP contribution in [0.3, 0.4) is 0 Å². The predicted octanol–water partition coefficient (Wildman–Crippen LogP) is 1.22. The number of sulfonamides is 1. The molecule has 2 atom stereocenters. The van der Waals surface area contributed by atoms with Crippen LogP contribution in [0, 0.1) is 5.82 Å². The summed E-state index contributed by atoms with van der Waals surface area (Å²) in [7, 11) is -3.31. The molecule has 0 N–H and O–H groups in total. The fourth-order valence-electron chi connectivity index (χ4n) is 2.94. The maximum Gasteiger partial charge on any atom is 0.257 e. The van der Waals surface area contributed by atoms with E-state index in [-0.39, 0.29) is 30.8 Å². The van der Waals surface area contributed by atoms with Gasteiger partial charge in [0.1, 0.15) is 17.7 Å². The van der Waals surface area contributed by atoms with Crippen molar-refractivity contribution in [3.8, 4) is 5.75 Å². The molecule has 1 saturated heterocycles. The fourth-order valence-corrected chi connectivity index (χ4v) is 3.75. The van der Waals surface area contributed by atoms with Crippen molar-refractivity contribution in [2.45, 2.75) is 18.6 Å². The van der Waals surface area contributed by atoms with Crippen molar-refractivity contribution in [3.63, 3.8) is 0 Å². The summed E-state index contributed by atoms with van der Waals surface area (Å²) in [5.74, 6) is 0.717. The van der Waals surface area contributed by atoms with Crippen LogP contribution in [0.15, 0.2) is 22.6 Å². The van der Waals surface area contributed by atoms with E-state index >= 15 is 0 Å². The number of halogens is 1. The normalized spacial score (nSPS) is 24.1. The molecule has 1 fully saturated rings. The lowest BCUT2D eigenvalue weighted by Gasteiger charge is -2.29. The number of benzene rings is 1. The summed E-state index contributed by atoms with van der Waals surface area (Å²) in [5.41, 5.74) is 0.738. The number of aromatic nitrogens is 2. The second-order valence-corrected chi connectivity index (χ2v) is 8.00. The molecule has 0 spiro atoms. The van der Waals surface area contributed by atoms with Crippen LogP contribution >= 0.6 is 0 Å². The van der Waals surface area contributed by atoms with E-state index in [1.165, 1.54) is 16.4 Å². The minimum absolute atomic E-state index is 0.122. The first-order valence-corrected chi connectivity index (χ1v) is 9.60. The monoisotopic (exact) mass is 369 g/mol.